The van der Waals surface area contributed by atoms with Crippen molar-refractivity contribution in [3.63, 3.8) is 0 Å². The van der Waals surface area contributed by atoms with Gasteiger partial charge in [0, 0.05) is 18.3 Å². The van der Waals surface area contributed by atoms with Gasteiger partial charge in [0.05, 0.1) is 31.7 Å². The Morgan fingerprint density at radius 2 is 1.74 bits per heavy atom. The number of methoxy groups -OCH3 is 1. The maximum Gasteiger partial charge on any atom is 0.310 e. The maximum absolute atomic E-state index is 13.7. The molecule has 1 fully saturated rings. The fourth-order valence-electron chi connectivity index (χ4n) is 7.87. The third-order valence-corrected chi connectivity index (χ3v) is 10.4. The summed E-state index contributed by atoms with van der Waals surface area (Å²) in [6.45, 7) is 17.5. The Bertz CT molecular complexity index is 1610. The zero-order valence-electron chi connectivity index (χ0n) is 30.7. The fraction of sp³-hybridized carbons (Fsp3) is 0.512. The Hall–Kier alpha value is -3.76. The number of phenolic OH excluding ortho intramolecular Hbond substituents is 1. The van der Waals surface area contributed by atoms with Gasteiger partial charge in [0.15, 0.2) is 17.3 Å². The van der Waals surface area contributed by atoms with Crippen molar-refractivity contribution in [1.29, 1.82) is 0 Å². The zero-order valence-corrected chi connectivity index (χ0v) is 30.7. The Morgan fingerprint density at radius 3 is 2.38 bits per heavy atom. The largest absolute Gasteiger partial charge is 0.504 e. The van der Waals surface area contributed by atoms with E-state index in [1.165, 1.54) is 13.2 Å². The van der Waals surface area contributed by atoms with Crippen LogP contribution in [0.2, 0.25) is 0 Å². The smallest absolute Gasteiger partial charge is 0.310 e. The van der Waals surface area contributed by atoms with E-state index in [1.54, 1.807) is 19.1 Å². The number of ether oxygens (including phenoxy) is 4. The predicted molar refractivity (Wildman–Crippen MR) is 191 cm³/mol. The van der Waals surface area contributed by atoms with Crippen LogP contribution in [-0.2, 0) is 36.6 Å². The number of esters is 1. The van der Waals surface area contributed by atoms with Gasteiger partial charge in [0.2, 0.25) is 0 Å². The number of hydrogen-bond acceptors (Lipinski definition) is 9. The third kappa shape index (κ3) is 8.23. The van der Waals surface area contributed by atoms with Crippen LogP contribution in [0.3, 0.4) is 0 Å². The fourth-order valence-corrected chi connectivity index (χ4v) is 7.87. The molecule has 2 aromatic carbocycles. The molecule has 1 saturated heterocycles. The molecule has 0 amide bonds. The molecule has 9 heteroatoms. The Kier molecular flexibility index (Phi) is 12.2. The number of aromatic hydroxyl groups is 1. The van der Waals surface area contributed by atoms with Crippen LogP contribution >= 0.6 is 0 Å². The average Bonchev–Trinajstić information content (AvgIpc) is 3.20. The molecule has 1 heterocycles. The minimum absolute atomic E-state index is 0.0143. The molecule has 0 radical (unpaired) electrons. The molecule has 272 valence electrons. The number of hydrogen-bond donors (Lipinski definition) is 3. The van der Waals surface area contributed by atoms with E-state index in [-0.39, 0.29) is 55.0 Å². The van der Waals surface area contributed by atoms with Crippen molar-refractivity contribution in [2.24, 2.45) is 23.7 Å². The quantitative estimate of drug-likeness (QED) is 0.206. The van der Waals surface area contributed by atoms with Crippen molar-refractivity contribution >= 4 is 11.8 Å². The molecule has 2 aliphatic carbocycles. The summed E-state index contributed by atoms with van der Waals surface area (Å²) in [7, 11) is 1.43. The summed E-state index contributed by atoms with van der Waals surface area (Å²) in [5.74, 6) is -4.06. The number of ketones is 1. The SMILES string of the molecule is C=C(C)C1(C)C[C@@H](C)C2C(C=C(COC(=O)Cc3ccc(O)c(OC)c3)CC3(O)C(=O)C(C)=CC23)C(C)O[C@](O)(Cc2ccccc2)O1.CC. The van der Waals surface area contributed by atoms with Gasteiger partial charge in [-0.2, -0.15) is 0 Å². The molecular formula is C41H54O9. The van der Waals surface area contributed by atoms with Crippen LogP contribution in [0.1, 0.15) is 72.4 Å². The summed E-state index contributed by atoms with van der Waals surface area (Å²) in [5.41, 5.74) is 0.463. The van der Waals surface area contributed by atoms with Crippen molar-refractivity contribution in [2.75, 3.05) is 13.7 Å². The van der Waals surface area contributed by atoms with Gasteiger partial charge in [0.1, 0.15) is 12.2 Å². The molecule has 5 rings (SSSR count). The summed E-state index contributed by atoms with van der Waals surface area (Å²) in [6.07, 6.45) is 3.62. The molecule has 6 unspecified atom stereocenters. The summed E-state index contributed by atoms with van der Waals surface area (Å²) in [4.78, 5) is 26.7. The van der Waals surface area contributed by atoms with Crippen molar-refractivity contribution in [2.45, 2.75) is 97.4 Å². The van der Waals surface area contributed by atoms with Crippen LogP contribution in [0, 0.1) is 23.7 Å². The second-order valence-corrected chi connectivity index (χ2v) is 14.1. The predicted octanol–water partition coefficient (Wildman–Crippen LogP) is 6.64. The highest BCUT2D eigenvalue weighted by Crippen LogP contribution is 2.52. The number of Topliss-reactive ketones (excluding diaryl/α,β-unsaturated/α-hetero) is 1. The molecule has 0 bridgehead atoms. The monoisotopic (exact) mass is 690 g/mol. The molecule has 2 aromatic rings. The first-order chi connectivity index (χ1) is 23.6. The highest BCUT2D eigenvalue weighted by Gasteiger charge is 2.57. The van der Waals surface area contributed by atoms with E-state index in [0.717, 1.165) is 5.56 Å². The number of carbonyl (C=O) groups is 2. The van der Waals surface area contributed by atoms with Crippen LogP contribution < -0.4 is 4.74 Å². The second-order valence-electron chi connectivity index (χ2n) is 14.1. The highest BCUT2D eigenvalue weighted by atomic mass is 16.8. The van der Waals surface area contributed by atoms with Crippen molar-refractivity contribution < 1.29 is 43.9 Å². The first-order valence-electron chi connectivity index (χ1n) is 17.5. The first kappa shape index (κ1) is 39.0. The lowest BCUT2D eigenvalue weighted by Crippen LogP contribution is -2.49. The number of carbonyl (C=O) groups excluding carboxylic acids is 2. The van der Waals surface area contributed by atoms with Crippen LogP contribution in [0.15, 0.2) is 84.0 Å². The number of rotatable bonds is 8. The van der Waals surface area contributed by atoms with Crippen molar-refractivity contribution in [3.8, 4) is 11.5 Å². The van der Waals surface area contributed by atoms with E-state index >= 15 is 0 Å². The molecule has 0 aromatic heterocycles. The van der Waals surface area contributed by atoms with E-state index in [1.807, 2.05) is 77.1 Å². The lowest BCUT2D eigenvalue weighted by molar-refractivity contribution is -0.399. The van der Waals surface area contributed by atoms with Gasteiger partial charge >= 0.3 is 5.97 Å². The Balaban J connectivity index is 0.00000276. The molecule has 1 aliphatic heterocycles. The molecule has 0 spiro atoms. The molecule has 9 nitrogen and oxygen atoms in total. The first-order valence-corrected chi connectivity index (χ1v) is 17.5. The summed E-state index contributed by atoms with van der Waals surface area (Å²) >= 11 is 0. The van der Waals surface area contributed by atoms with E-state index in [9.17, 15) is 24.9 Å². The van der Waals surface area contributed by atoms with E-state index in [0.29, 0.717) is 28.7 Å². The maximum atomic E-state index is 13.7. The van der Waals surface area contributed by atoms with Gasteiger partial charge in [0.25, 0.3) is 5.97 Å². The molecule has 50 heavy (non-hydrogen) atoms. The van der Waals surface area contributed by atoms with Crippen LogP contribution in [0.25, 0.3) is 0 Å². The molecule has 3 N–H and O–H groups in total. The number of phenols is 1. The third-order valence-electron chi connectivity index (χ3n) is 10.4. The van der Waals surface area contributed by atoms with Crippen LogP contribution in [-0.4, -0.2) is 64.1 Å². The lowest BCUT2D eigenvalue weighted by Gasteiger charge is -2.41. The number of fused-ring (bicyclic) bond motifs is 3. The lowest BCUT2D eigenvalue weighted by atomic mass is 9.65. The van der Waals surface area contributed by atoms with Crippen molar-refractivity contribution in [3.05, 3.63) is 95.1 Å². The minimum atomic E-state index is -2.02. The zero-order chi connectivity index (χ0) is 37.0. The van der Waals surface area contributed by atoms with Gasteiger partial charge in [-0.1, -0.05) is 75.9 Å². The van der Waals surface area contributed by atoms with Crippen LogP contribution in [0.5, 0.6) is 11.5 Å². The topological polar surface area (TPSA) is 132 Å². The highest BCUT2D eigenvalue weighted by molar-refractivity contribution is 6.04. The summed E-state index contributed by atoms with van der Waals surface area (Å²) in [5, 5.41) is 34.3. The Labute approximate surface area is 296 Å². The standard InChI is InChI=1S/C39H48O9.C2H6/c1-23(2)37(6)19-25(4)35-30(26(5)47-39(44,48-37)21-27-11-9-8-10-12-27)16-29(20-38(43)31(35)15-24(3)36(38)42)22-46-34(41)18-28-13-14-32(40)33(17-28)45-7;1-2/h8-17,25-26,30-31,35,40,43-44H,1,18-22H2,2-7H3;1-2H3/t25-,26?,30?,31?,35?,37?,38?,39-;/m1./s1. The summed E-state index contributed by atoms with van der Waals surface area (Å²) in [6, 6.07) is 14.1. The normalized spacial score (nSPS) is 32.3. The van der Waals surface area contributed by atoms with Gasteiger partial charge < -0.3 is 34.3 Å². The van der Waals surface area contributed by atoms with Gasteiger partial charge in [-0.3, -0.25) is 9.59 Å². The second kappa shape index (κ2) is 15.6. The Morgan fingerprint density at radius 1 is 1.06 bits per heavy atom. The number of aliphatic hydroxyl groups is 2. The van der Waals surface area contributed by atoms with Crippen LogP contribution in [0.4, 0.5) is 0 Å². The molecular weight excluding hydrogens is 636 g/mol. The minimum Gasteiger partial charge on any atom is -0.504 e. The average molecular weight is 691 g/mol. The molecule has 3 aliphatic rings. The van der Waals surface area contributed by atoms with Gasteiger partial charge in [-0.05, 0) is 85.9 Å². The van der Waals surface area contributed by atoms with Gasteiger partial charge in [-0.25, -0.2) is 0 Å². The summed E-state index contributed by atoms with van der Waals surface area (Å²) < 4.78 is 23.9. The number of benzene rings is 2. The van der Waals surface area contributed by atoms with Crippen molar-refractivity contribution in [1.82, 2.24) is 0 Å². The van der Waals surface area contributed by atoms with E-state index in [4.69, 9.17) is 18.9 Å². The van der Waals surface area contributed by atoms with E-state index < -0.39 is 41.1 Å². The van der Waals surface area contributed by atoms with E-state index in [2.05, 4.69) is 13.5 Å². The molecule has 0 saturated carbocycles. The molecule has 8 atom stereocenters. The van der Waals surface area contributed by atoms with Gasteiger partial charge in [-0.15, -0.1) is 0 Å².